The maximum absolute atomic E-state index is 12.8. The van der Waals surface area contributed by atoms with Crippen LogP contribution < -0.4 is 11.1 Å². The van der Waals surface area contributed by atoms with Gasteiger partial charge in [0.1, 0.15) is 5.54 Å². The number of nitrogens with one attached hydrogen (secondary N) is 1. The van der Waals surface area contributed by atoms with Crippen molar-refractivity contribution in [2.75, 3.05) is 20.1 Å². The minimum absolute atomic E-state index is 0.0140. The van der Waals surface area contributed by atoms with E-state index in [0.717, 1.165) is 22.9 Å². The van der Waals surface area contributed by atoms with E-state index in [1.807, 2.05) is 24.3 Å². The molecule has 1 heterocycles. The second-order valence-corrected chi connectivity index (χ2v) is 6.83. The number of amides is 2. The van der Waals surface area contributed by atoms with E-state index in [1.54, 1.807) is 18.9 Å². The number of benzene rings is 1. The van der Waals surface area contributed by atoms with E-state index in [1.165, 1.54) is 0 Å². The van der Waals surface area contributed by atoms with E-state index in [0.29, 0.717) is 13.1 Å². The first-order chi connectivity index (χ1) is 10.4. The summed E-state index contributed by atoms with van der Waals surface area (Å²) in [7, 11) is 1.62. The third kappa shape index (κ3) is 3.50. The average Bonchev–Trinajstić information content (AvgIpc) is 2.53. The Balaban J connectivity index is 2.15. The van der Waals surface area contributed by atoms with Crippen molar-refractivity contribution in [3.8, 4) is 0 Å². The highest BCUT2D eigenvalue weighted by Gasteiger charge is 2.37. The SMILES string of the molecule is CNC(=O)C1CCCN(C(=O)C(C)(N)c2ccc(Br)cc2)C1. The lowest BCUT2D eigenvalue weighted by Crippen LogP contribution is -2.54. The number of halogens is 1. The molecule has 2 atom stereocenters. The van der Waals surface area contributed by atoms with Crippen LogP contribution in [0.25, 0.3) is 0 Å². The van der Waals surface area contributed by atoms with Crippen molar-refractivity contribution in [2.24, 2.45) is 11.7 Å². The summed E-state index contributed by atoms with van der Waals surface area (Å²) in [5, 5.41) is 2.66. The molecule has 22 heavy (non-hydrogen) atoms. The molecule has 2 unspecified atom stereocenters. The third-order valence-electron chi connectivity index (χ3n) is 4.21. The molecule has 0 saturated carbocycles. The summed E-state index contributed by atoms with van der Waals surface area (Å²) in [5.74, 6) is -0.299. The van der Waals surface area contributed by atoms with E-state index >= 15 is 0 Å². The summed E-state index contributed by atoms with van der Waals surface area (Å²) in [6.07, 6.45) is 1.63. The van der Waals surface area contributed by atoms with Gasteiger partial charge < -0.3 is 16.0 Å². The number of hydrogen-bond acceptors (Lipinski definition) is 3. The fraction of sp³-hybridized carbons (Fsp3) is 0.500. The Bertz CT molecular complexity index is 557. The molecule has 5 nitrogen and oxygen atoms in total. The zero-order valence-corrected chi connectivity index (χ0v) is 14.5. The number of hydrogen-bond donors (Lipinski definition) is 2. The molecule has 1 fully saturated rings. The van der Waals surface area contributed by atoms with Gasteiger partial charge in [0.05, 0.1) is 5.92 Å². The van der Waals surface area contributed by atoms with Crippen molar-refractivity contribution in [3.05, 3.63) is 34.3 Å². The van der Waals surface area contributed by atoms with E-state index in [2.05, 4.69) is 21.2 Å². The van der Waals surface area contributed by atoms with Crippen LogP contribution in [0.1, 0.15) is 25.3 Å². The van der Waals surface area contributed by atoms with Crippen LogP contribution in [0, 0.1) is 5.92 Å². The van der Waals surface area contributed by atoms with Gasteiger partial charge in [0.25, 0.3) is 0 Å². The topological polar surface area (TPSA) is 75.4 Å². The van der Waals surface area contributed by atoms with Crippen molar-refractivity contribution in [2.45, 2.75) is 25.3 Å². The molecule has 1 aliphatic rings. The van der Waals surface area contributed by atoms with Gasteiger partial charge in [-0.3, -0.25) is 9.59 Å². The first-order valence-electron chi connectivity index (χ1n) is 7.42. The summed E-state index contributed by atoms with van der Waals surface area (Å²) in [6, 6.07) is 7.44. The van der Waals surface area contributed by atoms with Crippen LogP contribution in [0.15, 0.2) is 28.7 Å². The summed E-state index contributed by atoms with van der Waals surface area (Å²) < 4.78 is 0.942. The first-order valence-corrected chi connectivity index (χ1v) is 8.21. The van der Waals surface area contributed by atoms with Crippen molar-refractivity contribution < 1.29 is 9.59 Å². The zero-order chi connectivity index (χ0) is 16.3. The second kappa shape index (κ2) is 6.79. The lowest BCUT2D eigenvalue weighted by molar-refractivity contribution is -0.140. The molecule has 2 rings (SSSR count). The molecule has 6 heteroatoms. The van der Waals surface area contributed by atoms with Gasteiger partial charge in [-0.25, -0.2) is 0 Å². The third-order valence-corrected chi connectivity index (χ3v) is 4.74. The van der Waals surface area contributed by atoms with Gasteiger partial charge in [-0.05, 0) is 37.5 Å². The summed E-state index contributed by atoms with van der Waals surface area (Å²) in [5.41, 5.74) is 5.98. The van der Waals surface area contributed by atoms with Gasteiger partial charge in [0, 0.05) is 24.6 Å². The van der Waals surface area contributed by atoms with Crippen LogP contribution in [0.5, 0.6) is 0 Å². The minimum Gasteiger partial charge on any atom is -0.359 e. The molecule has 0 aromatic heterocycles. The lowest BCUT2D eigenvalue weighted by Gasteiger charge is -2.37. The van der Waals surface area contributed by atoms with Gasteiger partial charge in [-0.1, -0.05) is 28.1 Å². The Morgan fingerprint density at radius 3 is 2.59 bits per heavy atom. The first kappa shape index (κ1) is 17.0. The van der Waals surface area contributed by atoms with Gasteiger partial charge in [-0.15, -0.1) is 0 Å². The number of carbonyl (C=O) groups is 2. The lowest BCUT2D eigenvalue weighted by atomic mass is 9.89. The monoisotopic (exact) mass is 367 g/mol. The molecule has 2 amide bonds. The highest BCUT2D eigenvalue weighted by atomic mass is 79.9. The Morgan fingerprint density at radius 1 is 1.36 bits per heavy atom. The number of likely N-dealkylation sites (tertiary alicyclic amines) is 1. The van der Waals surface area contributed by atoms with Crippen LogP contribution in [-0.4, -0.2) is 36.9 Å². The van der Waals surface area contributed by atoms with Crippen molar-refractivity contribution in [3.63, 3.8) is 0 Å². The standard InChI is InChI=1S/C16H22BrN3O2/c1-16(18,12-5-7-13(17)8-6-12)15(22)20-9-3-4-11(10-20)14(21)19-2/h5-8,11H,3-4,9-10,18H2,1-2H3,(H,19,21). The number of carbonyl (C=O) groups excluding carboxylic acids is 2. The summed E-state index contributed by atoms with van der Waals surface area (Å²) >= 11 is 3.38. The van der Waals surface area contributed by atoms with Crippen LogP contribution >= 0.6 is 15.9 Å². The highest BCUT2D eigenvalue weighted by Crippen LogP contribution is 2.25. The fourth-order valence-corrected chi connectivity index (χ4v) is 3.09. The largest absolute Gasteiger partial charge is 0.359 e. The maximum atomic E-state index is 12.8. The van der Waals surface area contributed by atoms with Crippen LogP contribution in [0.4, 0.5) is 0 Å². The number of rotatable bonds is 3. The quantitative estimate of drug-likeness (QED) is 0.851. The Labute approximate surface area is 139 Å². The Kier molecular flexibility index (Phi) is 5.24. The van der Waals surface area contributed by atoms with Gasteiger partial charge in [0.2, 0.25) is 11.8 Å². The van der Waals surface area contributed by atoms with E-state index < -0.39 is 5.54 Å². The second-order valence-electron chi connectivity index (χ2n) is 5.91. The average molecular weight is 368 g/mol. The van der Waals surface area contributed by atoms with Gasteiger partial charge in [-0.2, -0.15) is 0 Å². The molecule has 0 radical (unpaired) electrons. The molecule has 3 N–H and O–H groups in total. The molecule has 1 aromatic rings. The minimum atomic E-state index is -1.09. The normalized spacial score (nSPS) is 21.1. The fourth-order valence-electron chi connectivity index (χ4n) is 2.83. The van der Waals surface area contributed by atoms with E-state index in [4.69, 9.17) is 5.73 Å². The zero-order valence-electron chi connectivity index (χ0n) is 12.9. The van der Waals surface area contributed by atoms with Gasteiger partial charge in [0.15, 0.2) is 0 Å². The molecular weight excluding hydrogens is 346 g/mol. The molecular formula is C16H22BrN3O2. The smallest absolute Gasteiger partial charge is 0.246 e. The van der Waals surface area contributed by atoms with E-state index in [-0.39, 0.29) is 17.7 Å². The van der Waals surface area contributed by atoms with Gasteiger partial charge >= 0.3 is 0 Å². The van der Waals surface area contributed by atoms with Crippen molar-refractivity contribution in [1.82, 2.24) is 10.2 Å². The molecule has 1 aromatic carbocycles. The molecule has 0 bridgehead atoms. The molecule has 0 spiro atoms. The molecule has 1 aliphatic heterocycles. The number of nitrogens with two attached hydrogens (primary N) is 1. The highest BCUT2D eigenvalue weighted by molar-refractivity contribution is 9.10. The van der Waals surface area contributed by atoms with Crippen molar-refractivity contribution >= 4 is 27.7 Å². The maximum Gasteiger partial charge on any atom is 0.246 e. The molecule has 120 valence electrons. The number of piperidine rings is 1. The van der Waals surface area contributed by atoms with Crippen LogP contribution in [-0.2, 0) is 15.1 Å². The predicted octanol–water partition coefficient (Wildman–Crippen LogP) is 1.61. The summed E-state index contributed by atoms with van der Waals surface area (Å²) in [6.45, 7) is 2.81. The number of nitrogens with zero attached hydrogens (tertiary/aromatic N) is 1. The molecule has 0 aliphatic carbocycles. The van der Waals surface area contributed by atoms with Crippen LogP contribution in [0.2, 0.25) is 0 Å². The van der Waals surface area contributed by atoms with E-state index in [9.17, 15) is 9.59 Å². The summed E-state index contributed by atoms with van der Waals surface area (Å²) in [4.78, 5) is 26.3. The Hall–Kier alpha value is -1.40. The molecule has 1 saturated heterocycles. The predicted molar refractivity (Wildman–Crippen MR) is 89.1 cm³/mol. The van der Waals surface area contributed by atoms with Crippen LogP contribution in [0.3, 0.4) is 0 Å². The Morgan fingerprint density at radius 2 is 2.00 bits per heavy atom. The van der Waals surface area contributed by atoms with Crippen molar-refractivity contribution in [1.29, 1.82) is 0 Å².